The predicted octanol–water partition coefficient (Wildman–Crippen LogP) is 1.80. The van der Waals surface area contributed by atoms with Gasteiger partial charge in [-0.3, -0.25) is 0 Å². The predicted molar refractivity (Wildman–Crippen MR) is 53.7 cm³/mol. The minimum atomic E-state index is 0.843. The maximum absolute atomic E-state index is 5.03. The van der Waals surface area contributed by atoms with Gasteiger partial charge in [0.25, 0.3) is 0 Å². The highest BCUT2D eigenvalue weighted by Gasteiger charge is 2.38. The van der Waals surface area contributed by atoms with E-state index >= 15 is 0 Å². The molecule has 0 aliphatic heterocycles. The topological polar surface area (TPSA) is 21.3 Å². The summed E-state index contributed by atoms with van der Waals surface area (Å²) in [6, 6.07) is 0.843. The number of fused-ring (bicyclic) bond motifs is 2. The normalized spacial score (nSPS) is 37.2. The van der Waals surface area contributed by atoms with Gasteiger partial charge in [0.2, 0.25) is 0 Å². The zero-order valence-corrected chi connectivity index (χ0v) is 8.59. The van der Waals surface area contributed by atoms with E-state index in [1.54, 1.807) is 7.11 Å². The van der Waals surface area contributed by atoms with E-state index in [9.17, 15) is 0 Å². The second kappa shape index (κ2) is 4.43. The van der Waals surface area contributed by atoms with E-state index in [4.69, 9.17) is 4.74 Å². The second-order valence-electron chi connectivity index (χ2n) is 4.58. The van der Waals surface area contributed by atoms with Gasteiger partial charge in [-0.15, -0.1) is 0 Å². The summed E-state index contributed by atoms with van der Waals surface area (Å²) in [5, 5.41) is 3.67. The molecule has 1 N–H and O–H groups in total. The number of rotatable bonds is 5. The number of ether oxygens (including phenoxy) is 1. The first-order valence-electron chi connectivity index (χ1n) is 5.62. The van der Waals surface area contributed by atoms with Crippen LogP contribution in [0.15, 0.2) is 0 Å². The van der Waals surface area contributed by atoms with Gasteiger partial charge in [-0.1, -0.05) is 6.42 Å². The molecule has 0 aromatic heterocycles. The van der Waals surface area contributed by atoms with Gasteiger partial charge in [0.1, 0.15) is 0 Å². The van der Waals surface area contributed by atoms with Crippen LogP contribution in [-0.4, -0.2) is 26.3 Å². The van der Waals surface area contributed by atoms with Gasteiger partial charge >= 0.3 is 0 Å². The molecular weight excluding hydrogens is 162 g/mol. The molecule has 2 aliphatic rings. The minimum absolute atomic E-state index is 0.843. The van der Waals surface area contributed by atoms with Crippen LogP contribution in [0.5, 0.6) is 0 Å². The van der Waals surface area contributed by atoms with Gasteiger partial charge in [0, 0.05) is 19.8 Å². The minimum Gasteiger partial charge on any atom is -0.385 e. The van der Waals surface area contributed by atoms with Crippen molar-refractivity contribution in [2.24, 2.45) is 11.8 Å². The van der Waals surface area contributed by atoms with Crippen LogP contribution in [-0.2, 0) is 4.74 Å². The second-order valence-corrected chi connectivity index (χ2v) is 4.58. The van der Waals surface area contributed by atoms with Crippen molar-refractivity contribution in [2.45, 2.75) is 38.1 Å². The molecule has 0 aromatic carbocycles. The summed E-state index contributed by atoms with van der Waals surface area (Å²) in [5.74, 6) is 2.07. The van der Waals surface area contributed by atoms with Crippen LogP contribution in [0.3, 0.4) is 0 Å². The maximum Gasteiger partial charge on any atom is 0.0474 e. The third-order valence-corrected chi connectivity index (χ3v) is 3.67. The van der Waals surface area contributed by atoms with Crippen molar-refractivity contribution >= 4 is 0 Å². The van der Waals surface area contributed by atoms with Crippen molar-refractivity contribution in [2.75, 3.05) is 20.3 Å². The van der Waals surface area contributed by atoms with E-state index in [1.807, 2.05) is 0 Å². The quantitative estimate of drug-likeness (QED) is 0.656. The third-order valence-electron chi connectivity index (χ3n) is 3.67. The molecule has 2 heteroatoms. The zero-order chi connectivity index (χ0) is 9.10. The summed E-state index contributed by atoms with van der Waals surface area (Å²) in [5.41, 5.74) is 0. The van der Waals surface area contributed by atoms with Crippen molar-refractivity contribution in [3.05, 3.63) is 0 Å². The highest BCUT2D eigenvalue weighted by molar-refractivity contribution is 4.93. The first kappa shape index (κ1) is 9.47. The van der Waals surface area contributed by atoms with Crippen LogP contribution in [0.25, 0.3) is 0 Å². The monoisotopic (exact) mass is 183 g/mol. The molecule has 2 fully saturated rings. The van der Waals surface area contributed by atoms with E-state index in [0.29, 0.717) is 0 Å². The zero-order valence-electron chi connectivity index (χ0n) is 8.59. The molecule has 2 saturated carbocycles. The van der Waals surface area contributed by atoms with Gasteiger partial charge in [-0.05, 0) is 44.1 Å². The lowest BCUT2D eigenvalue weighted by Gasteiger charge is -2.22. The number of nitrogens with one attached hydrogen (secondary N) is 1. The summed E-state index contributed by atoms with van der Waals surface area (Å²) in [7, 11) is 1.78. The number of hydrogen-bond acceptors (Lipinski definition) is 2. The van der Waals surface area contributed by atoms with Crippen LogP contribution in [0.2, 0.25) is 0 Å². The average molecular weight is 183 g/mol. The van der Waals surface area contributed by atoms with Crippen LogP contribution >= 0.6 is 0 Å². The van der Waals surface area contributed by atoms with Crippen molar-refractivity contribution in [1.29, 1.82) is 0 Å². The molecule has 0 unspecified atom stereocenters. The van der Waals surface area contributed by atoms with Gasteiger partial charge in [0.05, 0.1) is 0 Å². The average Bonchev–Trinajstić information content (AvgIpc) is 2.73. The SMILES string of the molecule is COCCCN[C@H]1C[C@@H]2CC[C@@H]1C2. The first-order chi connectivity index (χ1) is 6.40. The fourth-order valence-corrected chi connectivity index (χ4v) is 3.00. The lowest BCUT2D eigenvalue weighted by molar-refractivity contribution is 0.191. The Labute approximate surface area is 81.0 Å². The molecular formula is C11H21NO. The van der Waals surface area contributed by atoms with E-state index in [0.717, 1.165) is 37.5 Å². The molecule has 2 rings (SSSR count). The van der Waals surface area contributed by atoms with Gasteiger partial charge in [-0.2, -0.15) is 0 Å². The fraction of sp³-hybridized carbons (Fsp3) is 1.00. The van der Waals surface area contributed by atoms with Crippen LogP contribution in [0.4, 0.5) is 0 Å². The van der Waals surface area contributed by atoms with E-state index in [-0.39, 0.29) is 0 Å². The smallest absolute Gasteiger partial charge is 0.0474 e. The molecule has 76 valence electrons. The molecule has 3 atom stereocenters. The standard InChI is InChI=1S/C11H21NO/c1-13-6-2-5-12-11-8-9-3-4-10(11)7-9/h9-12H,2-8H2,1H3/t9-,10-,11+/m1/s1. The summed E-state index contributed by atoms with van der Waals surface area (Å²) in [6.07, 6.45) is 7.08. The Morgan fingerprint density at radius 3 is 2.85 bits per heavy atom. The molecule has 0 aromatic rings. The van der Waals surface area contributed by atoms with Gasteiger partial charge < -0.3 is 10.1 Å². The highest BCUT2D eigenvalue weighted by Crippen LogP contribution is 2.44. The fourth-order valence-electron chi connectivity index (χ4n) is 3.00. The van der Waals surface area contributed by atoms with Crippen LogP contribution in [0, 0.1) is 11.8 Å². The Morgan fingerprint density at radius 2 is 2.23 bits per heavy atom. The van der Waals surface area contributed by atoms with Crippen molar-refractivity contribution in [3.8, 4) is 0 Å². The molecule has 0 radical (unpaired) electrons. The molecule has 2 bridgehead atoms. The Hall–Kier alpha value is -0.0800. The van der Waals surface area contributed by atoms with E-state index < -0.39 is 0 Å². The Morgan fingerprint density at radius 1 is 1.31 bits per heavy atom. The highest BCUT2D eigenvalue weighted by atomic mass is 16.5. The van der Waals surface area contributed by atoms with Gasteiger partial charge in [0.15, 0.2) is 0 Å². The van der Waals surface area contributed by atoms with Crippen LogP contribution < -0.4 is 5.32 Å². The molecule has 0 saturated heterocycles. The third kappa shape index (κ3) is 2.23. The summed E-state index contributed by atoms with van der Waals surface area (Å²) in [6.45, 7) is 2.04. The molecule has 0 spiro atoms. The van der Waals surface area contributed by atoms with E-state index in [1.165, 1.54) is 25.7 Å². The number of hydrogen-bond donors (Lipinski definition) is 1. The summed E-state index contributed by atoms with van der Waals surface area (Å²) >= 11 is 0. The lowest BCUT2D eigenvalue weighted by Crippen LogP contribution is -2.34. The van der Waals surface area contributed by atoms with Gasteiger partial charge in [-0.25, -0.2) is 0 Å². The number of methoxy groups -OCH3 is 1. The summed E-state index contributed by atoms with van der Waals surface area (Å²) < 4.78 is 5.03. The van der Waals surface area contributed by atoms with Crippen molar-refractivity contribution in [1.82, 2.24) is 5.32 Å². The molecule has 2 nitrogen and oxygen atoms in total. The Balaban J connectivity index is 1.60. The van der Waals surface area contributed by atoms with Crippen LogP contribution in [0.1, 0.15) is 32.1 Å². The van der Waals surface area contributed by atoms with Crippen molar-refractivity contribution < 1.29 is 4.74 Å². The Kier molecular flexibility index (Phi) is 3.23. The maximum atomic E-state index is 5.03. The molecule has 13 heavy (non-hydrogen) atoms. The molecule has 2 aliphatic carbocycles. The lowest BCUT2D eigenvalue weighted by atomic mass is 9.95. The molecule has 0 heterocycles. The van der Waals surface area contributed by atoms with E-state index in [2.05, 4.69) is 5.32 Å². The largest absolute Gasteiger partial charge is 0.385 e. The molecule has 0 amide bonds. The Bertz CT molecular complexity index is 160. The summed E-state index contributed by atoms with van der Waals surface area (Å²) in [4.78, 5) is 0. The van der Waals surface area contributed by atoms with Crippen molar-refractivity contribution in [3.63, 3.8) is 0 Å². The first-order valence-corrected chi connectivity index (χ1v) is 5.62.